The first kappa shape index (κ1) is 22.4. The Kier molecular flexibility index (Phi) is 7.13. The molecule has 5 atom stereocenters. The average Bonchev–Trinajstić information content (AvgIpc) is 3.23. The Morgan fingerprint density at radius 1 is 1.06 bits per heavy atom. The predicted molar refractivity (Wildman–Crippen MR) is 109 cm³/mol. The highest BCUT2D eigenvalue weighted by Gasteiger charge is 2.51. The number of fused-ring (bicyclic) bond motifs is 6. The molecule has 0 radical (unpaired) electrons. The van der Waals surface area contributed by atoms with Crippen molar-refractivity contribution in [2.75, 3.05) is 13.2 Å². The number of benzene rings is 1. The maximum Gasteiger partial charge on any atom is 0.303 e. The van der Waals surface area contributed by atoms with Gasteiger partial charge >= 0.3 is 11.9 Å². The molecule has 0 spiro atoms. The van der Waals surface area contributed by atoms with E-state index in [9.17, 15) is 9.59 Å². The summed E-state index contributed by atoms with van der Waals surface area (Å²) < 4.78 is 30.6. The molecule has 1 aromatic heterocycles. The first-order chi connectivity index (χ1) is 15.5. The van der Waals surface area contributed by atoms with Gasteiger partial charge < -0.3 is 23.7 Å². The topological polar surface area (TPSA) is 111 Å². The van der Waals surface area contributed by atoms with E-state index in [1.165, 1.54) is 13.8 Å². The molecule has 3 saturated heterocycles. The summed E-state index contributed by atoms with van der Waals surface area (Å²) in [7, 11) is 0. The Hall–Kier alpha value is -2.82. The van der Waals surface area contributed by atoms with Crippen molar-refractivity contribution in [1.82, 2.24) is 15.0 Å². The zero-order valence-corrected chi connectivity index (χ0v) is 18.1. The number of hydrogen-bond acceptors (Lipinski definition) is 9. The fourth-order valence-corrected chi connectivity index (χ4v) is 3.98. The third-order valence-electron chi connectivity index (χ3n) is 5.26. The molecule has 4 heterocycles. The number of aromatic nitrogens is 3. The van der Waals surface area contributed by atoms with Crippen molar-refractivity contribution in [1.29, 1.82) is 0 Å². The normalized spacial score (nSPS) is 27.8. The largest absolute Gasteiger partial charge is 0.455 e. The average molecular weight is 445 g/mol. The van der Waals surface area contributed by atoms with Crippen LogP contribution in [-0.4, -0.2) is 70.9 Å². The number of esters is 2. The fourth-order valence-electron chi connectivity index (χ4n) is 3.98. The van der Waals surface area contributed by atoms with Gasteiger partial charge in [-0.15, -0.1) is 5.10 Å². The van der Waals surface area contributed by atoms with Crippen molar-refractivity contribution in [2.24, 2.45) is 0 Å². The van der Waals surface area contributed by atoms with Crippen molar-refractivity contribution < 1.29 is 33.3 Å². The smallest absolute Gasteiger partial charge is 0.303 e. The standard InChI is InChI=1S/C22H27N3O7/c1-14(26)30-20-19-18(32-22(21(20)31-15(2)27)29-10-6-9-28-19)13-25-12-17(23-24-25)11-16-7-4-3-5-8-16/h3-5,7-8,12,18-22H,6,9-11,13H2,1-2H3. The minimum absolute atomic E-state index is 0.302. The molecule has 1 aromatic carbocycles. The van der Waals surface area contributed by atoms with Crippen LogP contribution in [0.5, 0.6) is 0 Å². The molecule has 10 heteroatoms. The first-order valence-corrected chi connectivity index (χ1v) is 10.7. The maximum absolute atomic E-state index is 11.8. The Labute approximate surface area is 185 Å². The zero-order chi connectivity index (χ0) is 22.5. The SMILES string of the molecule is CC(=O)OC1C2OCCCOC(C(Cn3cc(Cc4ccccc4)nn3)O2)C1OC(C)=O. The minimum Gasteiger partial charge on any atom is -0.455 e. The van der Waals surface area contributed by atoms with E-state index in [2.05, 4.69) is 10.3 Å². The van der Waals surface area contributed by atoms with Crippen LogP contribution in [0.3, 0.4) is 0 Å². The summed E-state index contributed by atoms with van der Waals surface area (Å²) in [4.78, 5) is 23.5. The van der Waals surface area contributed by atoms with Crippen LogP contribution in [0.2, 0.25) is 0 Å². The van der Waals surface area contributed by atoms with Gasteiger partial charge in [-0.25, -0.2) is 4.68 Å². The van der Waals surface area contributed by atoms with Crippen LogP contribution in [0, 0.1) is 0 Å². The van der Waals surface area contributed by atoms with Gasteiger partial charge in [0.2, 0.25) is 0 Å². The molecule has 0 amide bonds. The summed E-state index contributed by atoms with van der Waals surface area (Å²) in [6, 6.07) is 9.99. The number of carbonyl (C=O) groups excluding carboxylic acids is 2. The van der Waals surface area contributed by atoms with Gasteiger partial charge in [-0.3, -0.25) is 9.59 Å². The third-order valence-corrected chi connectivity index (χ3v) is 5.26. The molecule has 0 aliphatic carbocycles. The summed E-state index contributed by atoms with van der Waals surface area (Å²) in [6.07, 6.45) is -0.773. The van der Waals surface area contributed by atoms with Gasteiger partial charge in [-0.2, -0.15) is 0 Å². The Balaban J connectivity index is 1.54. The quantitative estimate of drug-likeness (QED) is 0.607. The molecule has 3 aliphatic rings. The molecule has 5 rings (SSSR count). The van der Waals surface area contributed by atoms with Crippen molar-refractivity contribution in [3.63, 3.8) is 0 Å². The van der Waals surface area contributed by atoms with Gasteiger partial charge in [0, 0.05) is 33.1 Å². The van der Waals surface area contributed by atoms with Crippen LogP contribution >= 0.6 is 0 Å². The predicted octanol–water partition coefficient (Wildman–Crippen LogP) is 1.26. The van der Waals surface area contributed by atoms with Crippen LogP contribution in [0.25, 0.3) is 0 Å². The van der Waals surface area contributed by atoms with E-state index in [1.54, 1.807) is 4.68 Å². The summed E-state index contributed by atoms with van der Waals surface area (Å²) in [5.74, 6) is -1.03. The molecule has 3 aliphatic heterocycles. The van der Waals surface area contributed by atoms with Crippen LogP contribution in [-0.2, 0) is 46.2 Å². The van der Waals surface area contributed by atoms with Gasteiger partial charge in [-0.05, 0) is 12.0 Å². The molecule has 5 unspecified atom stereocenters. The van der Waals surface area contributed by atoms with E-state index in [0.717, 1.165) is 11.3 Å². The molecule has 32 heavy (non-hydrogen) atoms. The number of ether oxygens (including phenoxy) is 5. The van der Waals surface area contributed by atoms with E-state index < -0.39 is 42.6 Å². The van der Waals surface area contributed by atoms with Gasteiger partial charge in [0.1, 0.15) is 12.2 Å². The summed E-state index contributed by atoms with van der Waals surface area (Å²) in [5.41, 5.74) is 1.95. The van der Waals surface area contributed by atoms with Crippen LogP contribution < -0.4 is 0 Å². The molecular formula is C22H27N3O7. The number of hydrogen-bond donors (Lipinski definition) is 0. The fraction of sp³-hybridized carbons (Fsp3) is 0.545. The highest BCUT2D eigenvalue weighted by atomic mass is 16.7. The molecule has 172 valence electrons. The Morgan fingerprint density at radius 2 is 1.78 bits per heavy atom. The second kappa shape index (κ2) is 10.2. The minimum atomic E-state index is -0.930. The van der Waals surface area contributed by atoms with Gasteiger partial charge in [0.25, 0.3) is 0 Å². The van der Waals surface area contributed by atoms with Gasteiger partial charge in [0.15, 0.2) is 18.5 Å². The van der Waals surface area contributed by atoms with Gasteiger partial charge in [-0.1, -0.05) is 35.5 Å². The lowest BCUT2D eigenvalue weighted by Crippen LogP contribution is -2.62. The second-order valence-electron chi connectivity index (χ2n) is 7.85. The van der Waals surface area contributed by atoms with E-state index in [4.69, 9.17) is 23.7 Å². The highest BCUT2D eigenvalue weighted by molar-refractivity contribution is 5.67. The number of rotatable bonds is 6. The summed E-state index contributed by atoms with van der Waals surface area (Å²) in [6.45, 7) is 3.64. The monoisotopic (exact) mass is 445 g/mol. The molecule has 10 nitrogen and oxygen atoms in total. The summed E-state index contributed by atoms with van der Waals surface area (Å²) in [5, 5.41) is 8.47. The molecule has 0 N–H and O–H groups in total. The van der Waals surface area contributed by atoms with Gasteiger partial charge in [0.05, 0.1) is 18.8 Å². The lowest BCUT2D eigenvalue weighted by Gasteiger charge is -2.43. The van der Waals surface area contributed by atoms with E-state index in [-0.39, 0.29) is 0 Å². The molecule has 0 saturated carbocycles. The lowest BCUT2D eigenvalue weighted by atomic mass is 9.97. The van der Waals surface area contributed by atoms with Crippen molar-refractivity contribution in [2.45, 2.75) is 63.9 Å². The van der Waals surface area contributed by atoms with Crippen LogP contribution in [0.4, 0.5) is 0 Å². The van der Waals surface area contributed by atoms with E-state index in [0.29, 0.717) is 32.6 Å². The van der Waals surface area contributed by atoms with Crippen LogP contribution in [0.1, 0.15) is 31.5 Å². The number of nitrogens with zero attached hydrogens (tertiary/aromatic N) is 3. The van der Waals surface area contributed by atoms with Crippen molar-refractivity contribution >= 4 is 11.9 Å². The molecule has 2 aromatic rings. The Morgan fingerprint density at radius 3 is 2.53 bits per heavy atom. The molecular weight excluding hydrogens is 418 g/mol. The molecule has 2 bridgehead atoms. The zero-order valence-electron chi connectivity index (χ0n) is 18.1. The van der Waals surface area contributed by atoms with E-state index >= 15 is 0 Å². The number of carbonyl (C=O) groups is 2. The highest BCUT2D eigenvalue weighted by Crippen LogP contribution is 2.31. The first-order valence-electron chi connectivity index (χ1n) is 10.7. The molecule has 3 fully saturated rings. The van der Waals surface area contributed by atoms with Crippen LogP contribution in [0.15, 0.2) is 36.5 Å². The second-order valence-corrected chi connectivity index (χ2v) is 7.85. The lowest BCUT2D eigenvalue weighted by molar-refractivity contribution is -0.301. The van der Waals surface area contributed by atoms with Crippen molar-refractivity contribution in [3.8, 4) is 0 Å². The third kappa shape index (κ3) is 5.50. The van der Waals surface area contributed by atoms with Crippen molar-refractivity contribution in [3.05, 3.63) is 47.8 Å². The van der Waals surface area contributed by atoms with E-state index in [1.807, 2.05) is 36.5 Å². The Bertz CT molecular complexity index is 919. The maximum atomic E-state index is 11.8. The summed E-state index contributed by atoms with van der Waals surface area (Å²) >= 11 is 0.